The van der Waals surface area contributed by atoms with Crippen LogP contribution in [0.3, 0.4) is 0 Å². The summed E-state index contributed by atoms with van der Waals surface area (Å²) in [6.07, 6.45) is 6.06. The Morgan fingerprint density at radius 1 is 1.15 bits per heavy atom. The van der Waals surface area contributed by atoms with Crippen molar-refractivity contribution >= 4 is 22.9 Å². The van der Waals surface area contributed by atoms with Gasteiger partial charge in [0.05, 0.1) is 5.56 Å². The van der Waals surface area contributed by atoms with Crippen molar-refractivity contribution in [2.45, 2.75) is 39.3 Å². The number of nitrogens with zero attached hydrogens (tertiary/aromatic N) is 2. The number of carboxylic acid groups (broad SMARTS) is 1. The number of hydrogen-bond donors (Lipinski definition) is 2. The summed E-state index contributed by atoms with van der Waals surface area (Å²) in [6, 6.07) is 13.5. The number of benzene rings is 2. The van der Waals surface area contributed by atoms with Crippen LogP contribution in [0.1, 0.15) is 51.6 Å². The molecule has 34 heavy (non-hydrogen) atoms. The minimum absolute atomic E-state index is 0.144. The van der Waals surface area contributed by atoms with E-state index in [1.807, 2.05) is 36.4 Å². The Morgan fingerprint density at radius 3 is 2.71 bits per heavy atom. The third-order valence-electron chi connectivity index (χ3n) is 7.34. The maximum atomic E-state index is 13.1. The van der Waals surface area contributed by atoms with E-state index in [1.54, 1.807) is 12.1 Å². The number of fused-ring (bicyclic) bond motifs is 2. The molecule has 0 radical (unpaired) electrons. The number of amides is 1. The molecule has 170 valence electrons. The Labute approximate surface area is 197 Å². The molecule has 1 aliphatic heterocycles. The molecule has 1 saturated carbocycles. The van der Waals surface area contributed by atoms with Crippen LogP contribution in [0.25, 0.3) is 33.3 Å². The molecule has 1 fully saturated rings. The van der Waals surface area contributed by atoms with Crippen LogP contribution < -0.4 is 0 Å². The number of rotatable bonds is 5. The third kappa shape index (κ3) is 3.21. The first-order valence-corrected chi connectivity index (χ1v) is 11.7. The summed E-state index contributed by atoms with van der Waals surface area (Å²) in [4.78, 5) is 34.7. The first-order valence-electron chi connectivity index (χ1n) is 11.7. The number of aryl methyl sites for hydroxylation is 1. The highest BCUT2D eigenvalue weighted by atomic mass is 16.4. The monoisotopic (exact) mass is 451 g/mol. The summed E-state index contributed by atoms with van der Waals surface area (Å²) in [5.74, 6) is -0.187. The number of nitrogens with one attached hydrogen (secondary N) is 1. The van der Waals surface area contributed by atoms with E-state index in [-0.39, 0.29) is 17.5 Å². The topological polar surface area (TPSA) is 86.3 Å². The van der Waals surface area contributed by atoms with Crippen molar-refractivity contribution in [3.05, 3.63) is 77.1 Å². The van der Waals surface area contributed by atoms with Crippen molar-refractivity contribution < 1.29 is 14.7 Å². The lowest BCUT2D eigenvalue weighted by Gasteiger charge is -2.24. The fraction of sp³-hybridized carbons (Fsp3) is 0.250. The Hall–Kier alpha value is -3.93. The first-order chi connectivity index (χ1) is 16.4. The van der Waals surface area contributed by atoms with E-state index in [0.29, 0.717) is 23.7 Å². The number of pyridine rings is 1. The Morgan fingerprint density at radius 2 is 1.94 bits per heavy atom. The molecule has 4 aromatic rings. The average molecular weight is 452 g/mol. The van der Waals surface area contributed by atoms with Gasteiger partial charge < -0.3 is 15.0 Å². The zero-order valence-electron chi connectivity index (χ0n) is 19.1. The summed E-state index contributed by atoms with van der Waals surface area (Å²) < 4.78 is 0. The molecule has 0 bridgehead atoms. The van der Waals surface area contributed by atoms with E-state index >= 15 is 0 Å². The number of carbonyl (C=O) groups excluding carboxylic acids is 1. The van der Waals surface area contributed by atoms with Crippen LogP contribution in [0.2, 0.25) is 0 Å². The molecule has 2 aliphatic rings. The second kappa shape index (κ2) is 7.55. The molecule has 0 unspecified atom stereocenters. The maximum Gasteiger partial charge on any atom is 0.336 e. The minimum Gasteiger partial charge on any atom is -0.478 e. The van der Waals surface area contributed by atoms with Gasteiger partial charge in [-0.2, -0.15) is 0 Å². The molecule has 3 heterocycles. The molecule has 0 spiro atoms. The van der Waals surface area contributed by atoms with E-state index in [0.717, 1.165) is 38.8 Å². The minimum atomic E-state index is -0.960. The van der Waals surface area contributed by atoms with Crippen LogP contribution in [-0.4, -0.2) is 37.9 Å². The van der Waals surface area contributed by atoms with Gasteiger partial charge >= 0.3 is 5.97 Å². The van der Waals surface area contributed by atoms with Crippen molar-refractivity contribution in [2.75, 3.05) is 0 Å². The van der Waals surface area contributed by atoms with Gasteiger partial charge in [0.2, 0.25) is 0 Å². The van der Waals surface area contributed by atoms with Gasteiger partial charge in [-0.05, 0) is 73.1 Å². The number of aromatic amines is 1. The van der Waals surface area contributed by atoms with Crippen LogP contribution in [0.4, 0.5) is 0 Å². The lowest BCUT2D eigenvalue weighted by molar-refractivity contribution is 0.0688. The predicted molar refractivity (Wildman–Crippen MR) is 131 cm³/mol. The molecule has 0 saturated heterocycles. The molecule has 1 aliphatic carbocycles. The smallest absolute Gasteiger partial charge is 0.336 e. The zero-order valence-corrected chi connectivity index (χ0v) is 19.1. The van der Waals surface area contributed by atoms with Gasteiger partial charge in [0, 0.05) is 47.1 Å². The van der Waals surface area contributed by atoms with E-state index in [9.17, 15) is 14.7 Å². The van der Waals surface area contributed by atoms with Crippen LogP contribution >= 0.6 is 0 Å². The van der Waals surface area contributed by atoms with E-state index < -0.39 is 5.97 Å². The molecule has 2 N–H and O–H groups in total. The van der Waals surface area contributed by atoms with Crippen LogP contribution in [0, 0.1) is 12.8 Å². The van der Waals surface area contributed by atoms with Crippen LogP contribution in [0.15, 0.2) is 54.9 Å². The summed E-state index contributed by atoms with van der Waals surface area (Å²) in [5, 5.41) is 10.5. The second-order valence-corrected chi connectivity index (χ2v) is 9.51. The summed E-state index contributed by atoms with van der Waals surface area (Å²) in [7, 11) is 0. The van der Waals surface area contributed by atoms with Crippen molar-refractivity contribution in [1.82, 2.24) is 14.9 Å². The van der Waals surface area contributed by atoms with Gasteiger partial charge in [-0.1, -0.05) is 24.3 Å². The van der Waals surface area contributed by atoms with Gasteiger partial charge in [0.15, 0.2) is 0 Å². The SMILES string of the molecule is Cc1cc(-c2cnc3[nH]cc(-c4ccccc4C(=O)O)c3c2)cc2c1C(=O)N([C@@H](C)C1CC1)C2. The highest BCUT2D eigenvalue weighted by Gasteiger charge is 2.39. The van der Waals surface area contributed by atoms with Crippen molar-refractivity contribution in [3.63, 3.8) is 0 Å². The van der Waals surface area contributed by atoms with Gasteiger partial charge in [0.25, 0.3) is 5.91 Å². The number of carboxylic acids is 1. The Balaban J connectivity index is 1.43. The number of aromatic nitrogens is 2. The van der Waals surface area contributed by atoms with Crippen LogP contribution in [-0.2, 0) is 6.54 Å². The molecule has 1 atom stereocenters. The molecular weight excluding hydrogens is 426 g/mol. The fourth-order valence-electron chi connectivity index (χ4n) is 5.31. The van der Waals surface area contributed by atoms with E-state index in [4.69, 9.17) is 0 Å². The summed E-state index contributed by atoms with van der Waals surface area (Å²) in [6.45, 7) is 4.82. The standard InChI is InChI=1S/C28H25N3O3/c1-15-9-18(10-20-14-31(27(32)25(15)20)16(2)17-7-8-17)19-11-23-24(13-30-26(23)29-12-19)21-5-3-4-6-22(21)28(33)34/h3-6,9-13,16-17H,7-8,14H2,1-2H3,(H,29,30)(H,33,34)/t16-/m0/s1. The fourth-order valence-corrected chi connectivity index (χ4v) is 5.31. The van der Waals surface area contributed by atoms with Gasteiger partial charge in [-0.3, -0.25) is 4.79 Å². The van der Waals surface area contributed by atoms with E-state index in [2.05, 4.69) is 35.1 Å². The molecule has 6 rings (SSSR count). The van der Waals surface area contributed by atoms with Gasteiger partial charge in [0.1, 0.15) is 5.65 Å². The first kappa shape index (κ1) is 20.7. The number of carbonyl (C=O) groups is 2. The Kier molecular flexibility index (Phi) is 4.59. The lowest BCUT2D eigenvalue weighted by Crippen LogP contribution is -2.34. The number of H-pyrrole nitrogens is 1. The third-order valence-corrected chi connectivity index (χ3v) is 7.34. The second-order valence-electron chi connectivity index (χ2n) is 9.51. The number of hydrogen-bond acceptors (Lipinski definition) is 3. The zero-order chi connectivity index (χ0) is 23.6. The normalized spacial score (nSPS) is 16.2. The Bertz CT molecular complexity index is 1480. The maximum absolute atomic E-state index is 13.1. The quantitative estimate of drug-likeness (QED) is 0.410. The van der Waals surface area contributed by atoms with Gasteiger partial charge in [-0.25, -0.2) is 9.78 Å². The predicted octanol–water partition coefficient (Wildman–Crippen LogP) is 5.66. The molecule has 6 nitrogen and oxygen atoms in total. The molecular formula is C28H25N3O3. The van der Waals surface area contributed by atoms with Crippen molar-refractivity contribution in [3.8, 4) is 22.3 Å². The molecule has 2 aromatic carbocycles. The highest BCUT2D eigenvalue weighted by molar-refractivity contribution is 6.04. The molecule has 1 amide bonds. The largest absolute Gasteiger partial charge is 0.478 e. The van der Waals surface area contributed by atoms with Crippen molar-refractivity contribution in [1.29, 1.82) is 0 Å². The molecule has 6 heteroatoms. The highest BCUT2D eigenvalue weighted by Crippen LogP contribution is 2.40. The van der Waals surface area contributed by atoms with Gasteiger partial charge in [-0.15, -0.1) is 0 Å². The van der Waals surface area contributed by atoms with E-state index in [1.165, 1.54) is 12.8 Å². The lowest BCUT2D eigenvalue weighted by atomic mass is 9.95. The summed E-state index contributed by atoms with van der Waals surface area (Å²) in [5.41, 5.74) is 7.25. The average Bonchev–Trinajstić information content (AvgIpc) is 3.51. The summed E-state index contributed by atoms with van der Waals surface area (Å²) >= 11 is 0. The van der Waals surface area contributed by atoms with Crippen molar-refractivity contribution in [2.24, 2.45) is 5.92 Å². The van der Waals surface area contributed by atoms with Crippen LogP contribution in [0.5, 0.6) is 0 Å². The number of aromatic carboxylic acids is 1. The molecule has 2 aromatic heterocycles.